The van der Waals surface area contributed by atoms with E-state index in [0.717, 1.165) is 18.4 Å². The summed E-state index contributed by atoms with van der Waals surface area (Å²) in [7, 11) is 4.62. The zero-order valence-corrected chi connectivity index (χ0v) is 15.1. The van der Waals surface area contributed by atoms with E-state index in [-0.39, 0.29) is 17.5 Å². The SMILES string of the molecule is COc1ccc(C(=O)N2CCCC2c2ccc(OC)c(OC)c2)c(F)c1. The summed E-state index contributed by atoms with van der Waals surface area (Å²) in [5.41, 5.74) is 1.00. The van der Waals surface area contributed by atoms with Crippen LogP contribution in [0.5, 0.6) is 17.2 Å². The Balaban J connectivity index is 1.89. The van der Waals surface area contributed by atoms with E-state index in [1.165, 1.54) is 19.2 Å². The molecule has 1 saturated heterocycles. The van der Waals surface area contributed by atoms with Crippen LogP contribution in [-0.2, 0) is 0 Å². The number of carbonyl (C=O) groups excluding carboxylic acids is 1. The standard InChI is InChI=1S/C20H22FNO4/c1-24-14-7-8-15(16(21)12-14)20(23)22-10-4-5-17(22)13-6-9-18(25-2)19(11-13)26-3/h6-9,11-12,17H,4-5,10H2,1-3H3. The molecular weight excluding hydrogens is 337 g/mol. The predicted octanol–water partition coefficient (Wildman–Crippen LogP) is 3.83. The van der Waals surface area contributed by atoms with E-state index in [4.69, 9.17) is 14.2 Å². The van der Waals surface area contributed by atoms with Crippen molar-refractivity contribution in [3.05, 3.63) is 53.3 Å². The molecule has 0 radical (unpaired) electrons. The lowest BCUT2D eigenvalue weighted by molar-refractivity contribution is 0.0730. The van der Waals surface area contributed by atoms with E-state index < -0.39 is 5.82 Å². The summed E-state index contributed by atoms with van der Waals surface area (Å²) in [5.74, 6) is 0.736. The predicted molar refractivity (Wildman–Crippen MR) is 95.5 cm³/mol. The van der Waals surface area contributed by atoms with E-state index >= 15 is 0 Å². The molecule has 0 saturated carbocycles. The topological polar surface area (TPSA) is 48.0 Å². The number of halogens is 1. The third kappa shape index (κ3) is 3.31. The minimum absolute atomic E-state index is 0.0539. The number of benzene rings is 2. The first kappa shape index (κ1) is 18.0. The van der Waals surface area contributed by atoms with Gasteiger partial charge in [-0.2, -0.15) is 0 Å². The minimum atomic E-state index is -0.577. The van der Waals surface area contributed by atoms with Crippen LogP contribution in [-0.4, -0.2) is 38.7 Å². The second kappa shape index (κ2) is 7.64. The van der Waals surface area contributed by atoms with Crippen molar-refractivity contribution in [2.75, 3.05) is 27.9 Å². The number of ether oxygens (including phenoxy) is 3. The second-order valence-electron chi connectivity index (χ2n) is 6.12. The molecule has 1 unspecified atom stereocenters. The van der Waals surface area contributed by atoms with Crippen LogP contribution in [0.4, 0.5) is 4.39 Å². The Morgan fingerprint density at radius 2 is 1.81 bits per heavy atom. The van der Waals surface area contributed by atoms with Crippen LogP contribution >= 0.6 is 0 Å². The third-order valence-corrected chi connectivity index (χ3v) is 4.71. The first-order valence-electron chi connectivity index (χ1n) is 8.45. The van der Waals surface area contributed by atoms with Crippen molar-refractivity contribution in [3.8, 4) is 17.2 Å². The van der Waals surface area contributed by atoms with Gasteiger partial charge in [0.2, 0.25) is 0 Å². The third-order valence-electron chi connectivity index (χ3n) is 4.71. The molecule has 3 rings (SSSR count). The zero-order valence-electron chi connectivity index (χ0n) is 15.1. The van der Waals surface area contributed by atoms with Crippen molar-refractivity contribution in [2.24, 2.45) is 0 Å². The van der Waals surface area contributed by atoms with Gasteiger partial charge in [0, 0.05) is 12.6 Å². The number of methoxy groups -OCH3 is 3. The van der Waals surface area contributed by atoms with E-state index in [1.54, 1.807) is 25.2 Å². The fourth-order valence-corrected chi connectivity index (χ4v) is 3.37. The maximum absolute atomic E-state index is 14.3. The molecule has 6 heteroatoms. The van der Waals surface area contributed by atoms with E-state index in [0.29, 0.717) is 23.8 Å². The van der Waals surface area contributed by atoms with Crippen molar-refractivity contribution in [2.45, 2.75) is 18.9 Å². The van der Waals surface area contributed by atoms with E-state index in [2.05, 4.69) is 0 Å². The van der Waals surface area contributed by atoms with Crippen LogP contribution in [0.25, 0.3) is 0 Å². The number of carbonyl (C=O) groups is 1. The lowest BCUT2D eigenvalue weighted by Crippen LogP contribution is -2.31. The molecule has 0 aromatic heterocycles. The molecule has 0 aliphatic carbocycles. The number of likely N-dealkylation sites (tertiary alicyclic amines) is 1. The van der Waals surface area contributed by atoms with Gasteiger partial charge in [0.1, 0.15) is 11.6 Å². The van der Waals surface area contributed by atoms with Gasteiger partial charge in [0.05, 0.1) is 32.9 Å². The Morgan fingerprint density at radius 3 is 2.46 bits per heavy atom. The Kier molecular flexibility index (Phi) is 5.30. The van der Waals surface area contributed by atoms with Crippen LogP contribution in [0, 0.1) is 5.82 Å². The summed E-state index contributed by atoms with van der Waals surface area (Å²) in [6.45, 7) is 0.587. The molecule has 1 heterocycles. The van der Waals surface area contributed by atoms with Gasteiger partial charge < -0.3 is 19.1 Å². The van der Waals surface area contributed by atoms with Gasteiger partial charge in [-0.05, 0) is 42.7 Å². The second-order valence-corrected chi connectivity index (χ2v) is 6.12. The molecule has 26 heavy (non-hydrogen) atoms. The fourth-order valence-electron chi connectivity index (χ4n) is 3.37. The van der Waals surface area contributed by atoms with Crippen LogP contribution in [0.15, 0.2) is 36.4 Å². The van der Waals surface area contributed by atoms with Crippen molar-refractivity contribution < 1.29 is 23.4 Å². The summed E-state index contributed by atoms with van der Waals surface area (Å²) in [6, 6.07) is 9.79. The first-order valence-corrected chi connectivity index (χ1v) is 8.45. The fraction of sp³-hybridized carbons (Fsp3) is 0.350. The Bertz CT molecular complexity index is 808. The van der Waals surface area contributed by atoms with Crippen molar-refractivity contribution in [1.82, 2.24) is 4.90 Å². The van der Waals surface area contributed by atoms with E-state index in [9.17, 15) is 9.18 Å². The maximum atomic E-state index is 14.3. The maximum Gasteiger partial charge on any atom is 0.257 e. The molecule has 1 aliphatic rings. The lowest BCUT2D eigenvalue weighted by atomic mass is 10.0. The van der Waals surface area contributed by atoms with Crippen LogP contribution < -0.4 is 14.2 Å². The van der Waals surface area contributed by atoms with Gasteiger partial charge in [-0.1, -0.05) is 6.07 Å². The Morgan fingerprint density at radius 1 is 1.04 bits per heavy atom. The molecule has 5 nitrogen and oxygen atoms in total. The molecule has 1 aliphatic heterocycles. The summed E-state index contributed by atoms with van der Waals surface area (Å²) in [6.07, 6.45) is 1.68. The average molecular weight is 359 g/mol. The molecule has 1 atom stereocenters. The molecule has 0 bridgehead atoms. The van der Waals surface area contributed by atoms with Gasteiger partial charge in [-0.3, -0.25) is 4.79 Å². The molecule has 0 N–H and O–H groups in total. The van der Waals surface area contributed by atoms with Crippen LogP contribution in [0.3, 0.4) is 0 Å². The van der Waals surface area contributed by atoms with Crippen LogP contribution in [0.1, 0.15) is 34.8 Å². The number of nitrogens with zero attached hydrogens (tertiary/aromatic N) is 1. The van der Waals surface area contributed by atoms with Gasteiger partial charge >= 0.3 is 0 Å². The number of rotatable bonds is 5. The highest BCUT2D eigenvalue weighted by Crippen LogP contribution is 2.37. The van der Waals surface area contributed by atoms with Crippen LogP contribution in [0.2, 0.25) is 0 Å². The highest BCUT2D eigenvalue weighted by atomic mass is 19.1. The molecule has 0 spiro atoms. The Labute approximate surface area is 152 Å². The summed E-state index contributed by atoms with van der Waals surface area (Å²) < 4.78 is 30.0. The largest absolute Gasteiger partial charge is 0.497 e. The van der Waals surface area contributed by atoms with Crippen molar-refractivity contribution in [1.29, 1.82) is 0 Å². The zero-order chi connectivity index (χ0) is 18.7. The summed E-state index contributed by atoms with van der Waals surface area (Å²) in [4.78, 5) is 14.6. The van der Waals surface area contributed by atoms with Gasteiger partial charge in [0.15, 0.2) is 11.5 Å². The normalized spacial score (nSPS) is 16.5. The molecule has 138 valence electrons. The molecule has 2 aromatic carbocycles. The lowest BCUT2D eigenvalue weighted by Gasteiger charge is -2.26. The van der Waals surface area contributed by atoms with Crippen molar-refractivity contribution >= 4 is 5.91 Å². The summed E-state index contributed by atoms with van der Waals surface area (Å²) in [5, 5.41) is 0. The summed E-state index contributed by atoms with van der Waals surface area (Å²) >= 11 is 0. The number of hydrogen-bond donors (Lipinski definition) is 0. The average Bonchev–Trinajstić information content (AvgIpc) is 3.16. The highest BCUT2D eigenvalue weighted by molar-refractivity contribution is 5.95. The van der Waals surface area contributed by atoms with Gasteiger partial charge in [0.25, 0.3) is 5.91 Å². The molecule has 2 aromatic rings. The van der Waals surface area contributed by atoms with Gasteiger partial charge in [-0.25, -0.2) is 4.39 Å². The number of hydrogen-bond acceptors (Lipinski definition) is 4. The minimum Gasteiger partial charge on any atom is -0.497 e. The smallest absolute Gasteiger partial charge is 0.257 e. The quantitative estimate of drug-likeness (QED) is 0.814. The van der Waals surface area contributed by atoms with Gasteiger partial charge in [-0.15, -0.1) is 0 Å². The molecule has 1 fully saturated rings. The Hall–Kier alpha value is -2.76. The first-order chi connectivity index (χ1) is 12.6. The number of amides is 1. The molecule has 1 amide bonds. The van der Waals surface area contributed by atoms with Crippen molar-refractivity contribution in [3.63, 3.8) is 0 Å². The monoisotopic (exact) mass is 359 g/mol. The molecular formula is C20H22FNO4. The van der Waals surface area contributed by atoms with E-state index in [1.807, 2.05) is 18.2 Å². The highest BCUT2D eigenvalue weighted by Gasteiger charge is 2.32.